The van der Waals surface area contributed by atoms with Crippen LogP contribution < -0.4 is 5.32 Å². The van der Waals surface area contributed by atoms with Crippen LogP contribution in [0.5, 0.6) is 0 Å². The third kappa shape index (κ3) is 3.46. The van der Waals surface area contributed by atoms with Crippen LogP contribution in [0, 0.1) is 0 Å². The Balaban J connectivity index is 1.21. The van der Waals surface area contributed by atoms with Gasteiger partial charge in [0.25, 0.3) is 17.7 Å². The minimum absolute atomic E-state index is 0.0237. The van der Waals surface area contributed by atoms with E-state index in [1.165, 1.54) is 18.4 Å². The number of hydrogen-bond acceptors (Lipinski definition) is 6. The Bertz CT molecular complexity index is 1430. The molecule has 2 N–H and O–H groups in total. The molecule has 1 unspecified atom stereocenters. The molecule has 0 saturated carbocycles. The highest BCUT2D eigenvalue weighted by Gasteiger charge is 2.36. The lowest BCUT2D eigenvalue weighted by Gasteiger charge is -2.11. The topological polar surface area (TPSA) is 118 Å². The van der Waals surface area contributed by atoms with E-state index in [1.807, 2.05) is 12.1 Å². The van der Waals surface area contributed by atoms with Gasteiger partial charge in [0.2, 0.25) is 0 Å². The van der Waals surface area contributed by atoms with Gasteiger partial charge in [-0.15, -0.1) is 0 Å². The SMILES string of the molecule is O=C(Nc1ccc2nc(C3CCCO3)[nH]c2c1)c1ccc2c(c1)C(=O)N(Cc1ccco1)C2=O. The van der Waals surface area contributed by atoms with Crippen LogP contribution in [0.3, 0.4) is 0 Å². The first kappa shape index (κ1) is 20.4. The molecule has 2 aliphatic rings. The van der Waals surface area contributed by atoms with Crippen molar-refractivity contribution in [3.05, 3.63) is 83.1 Å². The second kappa shape index (κ2) is 7.96. The van der Waals surface area contributed by atoms with E-state index < -0.39 is 11.8 Å². The van der Waals surface area contributed by atoms with E-state index in [-0.39, 0.29) is 35.2 Å². The van der Waals surface area contributed by atoms with Crippen LogP contribution in [-0.4, -0.2) is 39.2 Å². The molecule has 1 atom stereocenters. The lowest BCUT2D eigenvalue weighted by atomic mass is 10.1. The first-order valence-corrected chi connectivity index (χ1v) is 11.0. The van der Waals surface area contributed by atoms with Crippen LogP contribution in [0.15, 0.2) is 59.2 Å². The molecule has 9 heteroatoms. The van der Waals surface area contributed by atoms with Crippen LogP contribution in [-0.2, 0) is 11.3 Å². The molecular formula is C25H20N4O5. The number of carbonyl (C=O) groups excluding carboxylic acids is 3. The fraction of sp³-hybridized carbons (Fsp3) is 0.200. The summed E-state index contributed by atoms with van der Waals surface area (Å²) in [4.78, 5) is 47.4. The summed E-state index contributed by atoms with van der Waals surface area (Å²) in [6, 6.07) is 13.3. The highest BCUT2D eigenvalue weighted by atomic mass is 16.5. The monoisotopic (exact) mass is 456 g/mol. The molecule has 34 heavy (non-hydrogen) atoms. The van der Waals surface area contributed by atoms with Gasteiger partial charge in [0.1, 0.15) is 17.7 Å². The van der Waals surface area contributed by atoms with Crippen molar-refractivity contribution >= 4 is 34.4 Å². The van der Waals surface area contributed by atoms with Crippen molar-refractivity contribution in [2.75, 3.05) is 11.9 Å². The first-order valence-electron chi connectivity index (χ1n) is 11.0. The maximum atomic E-state index is 12.9. The Labute approximate surface area is 193 Å². The maximum absolute atomic E-state index is 12.9. The van der Waals surface area contributed by atoms with Crippen molar-refractivity contribution in [3.8, 4) is 0 Å². The molecule has 1 fully saturated rings. The third-order valence-corrected chi connectivity index (χ3v) is 6.12. The molecule has 1 saturated heterocycles. The number of imidazole rings is 1. The molecule has 3 amide bonds. The van der Waals surface area contributed by atoms with Crippen molar-refractivity contribution < 1.29 is 23.5 Å². The maximum Gasteiger partial charge on any atom is 0.261 e. The number of anilines is 1. The second-order valence-corrected chi connectivity index (χ2v) is 8.35. The highest BCUT2D eigenvalue weighted by molar-refractivity contribution is 6.22. The Hall–Kier alpha value is -4.24. The number of amides is 3. The number of furan rings is 1. The van der Waals surface area contributed by atoms with Gasteiger partial charge in [-0.3, -0.25) is 19.3 Å². The Morgan fingerprint density at radius 3 is 2.79 bits per heavy atom. The predicted molar refractivity (Wildman–Crippen MR) is 121 cm³/mol. The molecule has 0 bridgehead atoms. The smallest absolute Gasteiger partial charge is 0.261 e. The number of aromatic amines is 1. The largest absolute Gasteiger partial charge is 0.467 e. The Kier molecular flexibility index (Phi) is 4.77. The first-order chi connectivity index (χ1) is 16.6. The molecule has 4 aromatic rings. The van der Waals surface area contributed by atoms with Gasteiger partial charge in [-0.2, -0.15) is 0 Å². The average molecular weight is 456 g/mol. The van der Waals surface area contributed by atoms with Gasteiger partial charge in [0.05, 0.1) is 35.0 Å². The summed E-state index contributed by atoms with van der Waals surface area (Å²) in [5.41, 5.74) is 2.93. The van der Waals surface area contributed by atoms with E-state index in [4.69, 9.17) is 9.15 Å². The van der Waals surface area contributed by atoms with E-state index in [0.717, 1.165) is 41.2 Å². The molecule has 2 aromatic heterocycles. The zero-order chi connectivity index (χ0) is 23.2. The molecule has 0 spiro atoms. The summed E-state index contributed by atoms with van der Waals surface area (Å²) in [5, 5.41) is 2.85. The van der Waals surface area contributed by atoms with Crippen LogP contribution in [0.2, 0.25) is 0 Å². The predicted octanol–water partition coefficient (Wildman–Crippen LogP) is 4.06. The molecule has 4 heterocycles. The second-order valence-electron chi connectivity index (χ2n) is 8.35. The molecule has 2 aliphatic heterocycles. The number of fused-ring (bicyclic) bond motifs is 2. The van der Waals surface area contributed by atoms with Crippen molar-refractivity contribution in [1.82, 2.24) is 14.9 Å². The number of aromatic nitrogens is 2. The van der Waals surface area contributed by atoms with E-state index in [9.17, 15) is 14.4 Å². The minimum atomic E-state index is -0.452. The number of rotatable bonds is 5. The summed E-state index contributed by atoms with van der Waals surface area (Å²) in [5.74, 6) is 0.0497. The van der Waals surface area contributed by atoms with E-state index in [0.29, 0.717) is 11.4 Å². The third-order valence-electron chi connectivity index (χ3n) is 6.12. The molecular weight excluding hydrogens is 436 g/mol. The zero-order valence-electron chi connectivity index (χ0n) is 18.0. The van der Waals surface area contributed by atoms with Gasteiger partial charge in [-0.25, -0.2) is 4.98 Å². The minimum Gasteiger partial charge on any atom is -0.467 e. The Morgan fingerprint density at radius 2 is 2.00 bits per heavy atom. The Morgan fingerprint density at radius 1 is 1.12 bits per heavy atom. The average Bonchev–Trinajstić information content (AvgIpc) is 3.64. The standard InChI is InChI=1S/C25H20N4O5/c30-23(26-15-6-8-19-20(12-15)28-22(27-19)21-4-2-10-34-21)14-5-7-17-18(11-14)25(32)29(24(17)31)13-16-3-1-9-33-16/h1,3,5-9,11-12,21H,2,4,10,13H2,(H,26,30)(H,27,28). The molecule has 2 aromatic carbocycles. The lowest BCUT2D eigenvalue weighted by molar-refractivity contribution is 0.0631. The van der Waals surface area contributed by atoms with Gasteiger partial charge in [0, 0.05) is 17.9 Å². The van der Waals surface area contributed by atoms with E-state index in [2.05, 4.69) is 15.3 Å². The van der Waals surface area contributed by atoms with Gasteiger partial charge in [0.15, 0.2) is 0 Å². The summed E-state index contributed by atoms with van der Waals surface area (Å²) in [7, 11) is 0. The normalized spacial score (nSPS) is 17.5. The summed E-state index contributed by atoms with van der Waals surface area (Å²) >= 11 is 0. The molecule has 170 valence electrons. The van der Waals surface area contributed by atoms with Crippen LogP contribution in [0.25, 0.3) is 11.0 Å². The number of benzene rings is 2. The number of nitrogens with zero attached hydrogens (tertiary/aromatic N) is 2. The van der Waals surface area contributed by atoms with Gasteiger partial charge in [-0.1, -0.05) is 0 Å². The van der Waals surface area contributed by atoms with Gasteiger partial charge >= 0.3 is 0 Å². The summed E-state index contributed by atoms with van der Waals surface area (Å²) in [6.45, 7) is 0.775. The number of ether oxygens (including phenoxy) is 1. The molecule has 9 nitrogen and oxygen atoms in total. The van der Waals surface area contributed by atoms with Gasteiger partial charge in [-0.05, 0) is 61.4 Å². The number of H-pyrrole nitrogens is 1. The van der Waals surface area contributed by atoms with Crippen LogP contribution >= 0.6 is 0 Å². The molecule has 6 rings (SSSR count). The fourth-order valence-corrected chi connectivity index (χ4v) is 4.39. The summed E-state index contributed by atoms with van der Waals surface area (Å²) in [6.07, 6.45) is 3.41. The van der Waals surface area contributed by atoms with Crippen molar-refractivity contribution in [2.45, 2.75) is 25.5 Å². The van der Waals surface area contributed by atoms with Crippen molar-refractivity contribution in [1.29, 1.82) is 0 Å². The molecule has 0 radical (unpaired) electrons. The summed E-state index contributed by atoms with van der Waals surface area (Å²) < 4.78 is 10.9. The number of hydrogen-bond donors (Lipinski definition) is 2. The van der Waals surface area contributed by atoms with E-state index >= 15 is 0 Å². The van der Waals surface area contributed by atoms with E-state index in [1.54, 1.807) is 24.3 Å². The molecule has 0 aliphatic carbocycles. The number of carbonyl (C=O) groups is 3. The van der Waals surface area contributed by atoms with Crippen LogP contribution in [0.1, 0.15) is 61.6 Å². The van der Waals surface area contributed by atoms with Gasteiger partial charge < -0.3 is 19.5 Å². The number of nitrogens with one attached hydrogen (secondary N) is 2. The quantitative estimate of drug-likeness (QED) is 0.438. The lowest BCUT2D eigenvalue weighted by Crippen LogP contribution is -2.28. The highest BCUT2D eigenvalue weighted by Crippen LogP contribution is 2.29. The fourth-order valence-electron chi connectivity index (χ4n) is 4.39. The van der Waals surface area contributed by atoms with Crippen LogP contribution in [0.4, 0.5) is 5.69 Å². The van der Waals surface area contributed by atoms with Crippen molar-refractivity contribution in [3.63, 3.8) is 0 Å². The number of imide groups is 1. The van der Waals surface area contributed by atoms with Crippen molar-refractivity contribution in [2.24, 2.45) is 0 Å². The zero-order valence-corrected chi connectivity index (χ0v) is 18.0.